The van der Waals surface area contributed by atoms with Crippen molar-refractivity contribution in [3.63, 3.8) is 0 Å². The zero-order valence-corrected chi connectivity index (χ0v) is 18.6. The lowest BCUT2D eigenvalue weighted by Crippen LogP contribution is -2.37. The number of benzene rings is 1. The molecule has 1 aliphatic heterocycles. The molecule has 0 aromatic heterocycles. The molecule has 6 nitrogen and oxygen atoms in total. The number of aliphatic imine (C=N–C) groups is 1. The number of ether oxygens (including phenoxy) is 3. The van der Waals surface area contributed by atoms with Crippen molar-refractivity contribution >= 4 is 5.96 Å². The van der Waals surface area contributed by atoms with Gasteiger partial charge in [-0.25, -0.2) is 0 Å². The second-order valence-corrected chi connectivity index (χ2v) is 8.15. The largest absolute Gasteiger partial charge is 0.493 e. The Morgan fingerprint density at radius 2 is 2.14 bits per heavy atom. The standard InChI is InChI=1S/C23H39N3O3/c1-18(2)8-13-29-22-14-19(3)6-7-21(22)15-26-23(24-4)25-10-5-11-27-16-20-9-12-28-17-20/h6-7,14,18,20H,5,8-13,15-17H2,1-4H3,(H2,24,25,26). The van der Waals surface area contributed by atoms with Crippen LogP contribution in [-0.4, -0.2) is 52.6 Å². The van der Waals surface area contributed by atoms with Gasteiger partial charge in [0, 0.05) is 44.8 Å². The first-order chi connectivity index (χ1) is 14.1. The highest BCUT2D eigenvalue weighted by Crippen LogP contribution is 2.21. The Morgan fingerprint density at radius 3 is 2.86 bits per heavy atom. The monoisotopic (exact) mass is 405 g/mol. The molecule has 0 aliphatic carbocycles. The summed E-state index contributed by atoms with van der Waals surface area (Å²) in [5, 5.41) is 6.73. The van der Waals surface area contributed by atoms with Crippen molar-refractivity contribution in [2.75, 3.05) is 46.6 Å². The molecule has 1 aromatic carbocycles. The Kier molecular flexibility index (Phi) is 10.9. The summed E-state index contributed by atoms with van der Waals surface area (Å²) in [5.74, 6) is 2.96. The fraction of sp³-hybridized carbons (Fsp3) is 0.696. The Morgan fingerprint density at radius 1 is 1.28 bits per heavy atom. The minimum absolute atomic E-state index is 0.573. The van der Waals surface area contributed by atoms with Crippen molar-refractivity contribution in [1.29, 1.82) is 0 Å². The zero-order valence-electron chi connectivity index (χ0n) is 18.6. The minimum atomic E-state index is 0.573. The van der Waals surface area contributed by atoms with Crippen LogP contribution in [0, 0.1) is 18.8 Å². The maximum absolute atomic E-state index is 6.04. The van der Waals surface area contributed by atoms with E-state index in [1.54, 1.807) is 7.05 Å². The number of nitrogens with zero attached hydrogens (tertiary/aromatic N) is 1. The molecule has 1 fully saturated rings. The summed E-state index contributed by atoms with van der Waals surface area (Å²) in [6.45, 7) is 12.1. The molecule has 2 rings (SSSR count). The fourth-order valence-electron chi connectivity index (χ4n) is 3.09. The van der Waals surface area contributed by atoms with Gasteiger partial charge in [0.2, 0.25) is 0 Å². The van der Waals surface area contributed by atoms with Crippen LogP contribution in [-0.2, 0) is 16.0 Å². The van der Waals surface area contributed by atoms with E-state index >= 15 is 0 Å². The lowest BCUT2D eigenvalue weighted by atomic mass is 10.1. The Hall–Kier alpha value is -1.79. The number of hydrogen-bond donors (Lipinski definition) is 2. The van der Waals surface area contributed by atoms with Crippen LogP contribution in [0.2, 0.25) is 0 Å². The van der Waals surface area contributed by atoms with Gasteiger partial charge in [0.1, 0.15) is 5.75 Å². The first-order valence-electron chi connectivity index (χ1n) is 10.9. The number of aryl methyl sites for hydroxylation is 1. The van der Waals surface area contributed by atoms with Gasteiger partial charge in [-0.2, -0.15) is 0 Å². The molecule has 0 radical (unpaired) electrons. The van der Waals surface area contributed by atoms with Crippen LogP contribution in [0.1, 0.15) is 44.2 Å². The highest BCUT2D eigenvalue weighted by Gasteiger charge is 2.15. The summed E-state index contributed by atoms with van der Waals surface area (Å²) in [7, 11) is 1.79. The van der Waals surface area contributed by atoms with Gasteiger partial charge in [0.15, 0.2) is 5.96 Å². The average Bonchev–Trinajstić information content (AvgIpc) is 3.21. The van der Waals surface area contributed by atoms with E-state index in [2.05, 4.69) is 54.6 Å². The summed E-state index contributed by atoms with van der Waals surface area (Å²) in [5.41, 5.74) is 2.35. The average molecular weight is 406 g/mol. The molecule has 1 saturated heterocycles. The second-order valence-electron chi connectivity index (χ2n) is 8.15. The molecular weight excluding hydrogens is 366 g/mol. The molecule has 0 spiro atoms. The summed E-state index contributed by atoms with van der Waals surface area (Å²) in [6, 6.07) is 6.36. The van der Waals surface area contributed by atoms with Gasteiger partial charge >= 0.3 is 0 Å². The summed E-state index contributed by atoms with van der Waals surface area (Å²) >= 11 is 0. The van der Waals surface area contributed by atoms with Crippen molar-refractivity contribution < 1.29 is 14.2 Å². The van der Waals surface area contributed by atoms with Gasteiger partial charge in [0.25, 0.3) is 0 Å². The molecule has 2 N–H and O–H groups in total. The molecule has 29 heavy (non-hydrogen) atoms. The Bertz CT molecular complexity index is 613. The third-order valence-corrected chi connectivity index (χ3v) is 4.98. The van der Waals surface area contributed by atoms with Crippen LogP contribution in [0.3, 0.4) is 0 Å². The van der Waals surface area contributed by atoms with Crippen LogP contribution >= 0.6 is 0 Å². The van der Waals surface area contributed by atoms with Gasteiger partial charge in [-0.3, -0.25) is 4.99 Å². The molecule has 1 unspecified atom stereocenters. The molecule has 0 bridgehead atoms. The molecule has 1 heterocycles. The van der Waals surface area contributed by atoms with Crippen LogP contribution in [0.4, 0.5) is 0 Å². The first kappa shape index (κ1) is 23.5. The molecule has 1 aromatic rings. The predicted octanol–water partition coefficient (Wildman–Crippen LogP) is 3.53. The van der Waals surface area contributed by atoms with E-state index in [9.17, 15) is 0 Å². The predicted molar refractivity (Wildman–Crippen MR) is 119 cm³/mol. The van der Waals surface area contributed by atoms with Gasteiger partial charge in [-0.15, -0.1) is 0 Å². The lowest BCUT2D eigenvalue weighted by Gasteiger charge is -2.16. The fourth-order valence-corrected chi connectivity index (χ4v) is 3.09. The molecule has 1 atom stereocenters. The molecule has 0 amide bonds. The van der Waals surface area contributed by atoms with Gasteiger partial charge in [0.05, 0.1) is 19.8 Å². The molecule has 1 aliphatic rings. The van der Waals surface area contributed by atoms with E-state index < -0.39 is 0 Å². The van der Waals surface area contributed by atoms with Crippen LogP contribution in [0.15, 0.2) is 23.2 Å². The van der Waals surface area contributed by atoms with Crippen molar-refractivity contribution in [2.24, 2.45) is 16.8 Å². The molecule has 0 saturated carbocycles. The van der Waals surface area contributed by atoms with E-state index in [1.807, 2.05) is 0 Å². The van der Waals surface area contributed by atoms with Crippen LogP contribution < -0.4 is 15.4 Å². The van der Waals surface area contributed by atoms with E-state index in [0.717, 1.165) is 76.1 Å². The highest BCUT2D eigenvalue weighted by atomic mass is 16.5. The van der Waals surface area contributed by atoms with Gasteiger partial charge in [-0.1, -0.05) is 26.0 Å². The van der Waals surface area contributed by atoms with Gasteiger partial charge < -0.3 is 24.8 Å². The number of guanidine groups is 1. The summed E-state index contributed by atoms with van der Waals surface area (Å²) in [6.07, 6.45) is 3.12. The second kappa shape index (κ2) is 13.4. The van der Waals surface area contributed by atoms with Crippen molar-refractivity contribution in [2.45, 2.75) is 46.6 Å². The van der Waals surface area contributed by atoms with Crippen molar-refractivity contribution in [3.8, 4) is 5.75 Å². The Labute approximate surface area is 176 Å². The summed E-state index contributed by atoms with van der Waals surface area (Å²) < 4.78 is 17.1. The molecular formula is C23H39N3O3. The lowest BCUT2D eigenvalue weighted by molar-refractivity contribution is 0.0888. The smallest absolute Gasteiger partial charge is 0.191 e. The maximum atomic E-state index is 6.04. The minimum Gasteiger partial charge on any atom is -0.493 e. The first-order valence-corrected chi connectivity index (χ1v) is 10.9. The molecule has 164 valence electrons. The topological polar surface area (TPSA) is 64.1 Å². The van der Waals surface area contributed by atoms with Crippen LogP contribution in [0.25, 0.3) is 0 Å². The normalized spacial score (nSPS) is 17.0. The zero-order chi connectivity index (χ0) is 20.9. The molecule has 6 heteroatoms. The Balaban J connectivity index is 1.68. The van der Waals surface area contributed by atoms with Crippen molar-refractivity contribution in [1.82, 2.24) is 10.6 Å². The number of nitrogens with one attached hydrogen (secondary N) is 2. The van der Waals surface area contributed by atoms with E-state index in [-0.39, 0.29) is 0 Å². The highest BCUT2D eigenvalue weighted by molar-refractivity contribution is 5.79. The summed E-state index contributed by atoms with van der Waals surface area (Å²) in [4.78, 5) is 4.31. The van der Waals surface area contributed by atoms with E-state index in [1.165, 1.54) is 5.56 Å². The van der Waals surface area contributed by atoms with Crippen molar-refractivity contribution in [3.05, 3.63) is 29.3 Å². The third kappa shape index (κ3) is 9.50. The number of rotatable bonds is 12. The van der Waals surface area contributed by atoms with E-state index in [0.29, 0.717) is 18.4 Å². The maximum Gasteiger partial charge on any atom is 0.191 e. The van der Waals surface area contributed by atoms with E-state index in [4.69, 9.17) is 14.2 Å². The third-order valence-electron chi connectivity index (χ3n) is 4.98. The quantitative estimate of drug-likeness (QED) is 0.316. The van der Waals surface area contributed by atoms with Crippen LogP contribution in [0.5, 0.6) is 5.75 Å². The van der Waals surface area contributed by atoms with Gasteiger partial charge in [-0.05, 0) is 43.7 Å². The number of hydrogen-bond acceptors (Lipinski definition) is 4. The SMILES string of the molecule is CN=C(NCCCOCC1CCOC1)NCc1ccc(C)cc1OCCC(C)C.